The molecule has 2 aliphatic rings. The van der Waals surface area contributed by atoms with Crippen LogP contribution in [0.2, 0.25) is 0 Å². The van der Waals surface area contributed by atoms with Gasteiger partial charge in [0.15, 0.2) is 0 Å². The Labute approximate surface area is 152 Å². The van der Waals surface area contributed by atoms with Crippen molar-refractivity contribution in [2.45, 2.75) is 44.2 Å². The molecule has 3 heterocycles. The minimum atomic E-state index is 0. The first-order chi connectivity index (χ1) is 11.3. The predicted molar refractivity (Wildman–Crippen MR) is 101 cm³/mol. The molecule has 2 N–H and O–H groups in total. The van der Waals surface area contributed by atoms with E-state index in [0.717, 1.165) is 29.1 Å². The highest BCUT2D eigenvalue weighted by molar-refractivity contribution is 7.13. The van der Waals surface area contributed by atoms with Crippen molar-refractivity contribution in [3.8, 4) is 10.6 Å². The number of nitrogens with zero attached hydrogens (tertiary/aromatic N) is 1. The number of halogens is 1. The summed E-state index contributed by atoms with van der Waals surface area (Å²) in [5, 5.41) is 9.64. The third kappa shape index (κ3) is 3.97. The quantitative estimate of drug-likeness (QED) is 0.860. The van der Waals surface area contributed by atoms with Crippen molar-refractivity contribution in [2.75, 3.05) is 5.32 Å². The van der Waals surface area contributed by atoms with E-state index in [-0.39, 0.29) is 18.3 Å². The zero-order valence-corrected chi connectivity index (χ0v) is 15.0. The topological polar surface area (TPSA) is 54.0 Å². The summed E-state index contributed by atoms with van der Waals surface area (Å²) in [5.74, 6) is 0.668. The number of carbonyl (C=O) groups is 1. The molecule has 1 aromatic carbocycles. The second kappa shape index (κ2) is 7.64. The van der Waals surface area contributed by atoms with Crippen molar-refractivity contribution < 1.29 is 4.79 Å². The summed E-state index contributed by atoms with van der Waals surface area (Å²) in [4.78, 5) is 16.6. The highest BCUT2D eigenvalue weighted by atomic mass is 35.5. The Balaban J connectivity index is 0.00000169. The molecule has 1 amide bonds. The van der Waals surface area contributed by atoms with E-state index < -0.39 is 0 Å². The van der Waals surface area contributed by atoms with Gasteiger partial charge in [-0.25, -0.2) is 4.98 Å². The van der Waals surface area contributed by atoms with Gasteiger partial charge in [-0.15, -0.1) is 23.7 Å². The first-order valence-corrected chi connectivity index (χ1v) is 9.20. The number of hydrogen-bond donors (Lipinski definition) is 2. The largest absolute Gasteiger partial charge is 0.326 e. The van der Waals surface area contributed by atoms with Gasteiger partial charge in [-0.1, -0.05) is 0 Å². The van der Waals surface area contributed by atoms with Crippen LogP contribution >= 0.6 is 23.7 Å². The molecule has 6 heteroatoms. The molecule has 4 rings (SSSR count). The Morgan fingerprint density at radius 1 is 1.21 bits per heavy atom. The lowest BCUT2D eigenvalue weighted by atomic mass is 9.89. The molecule has 2 saturated heterocycles. The number of fused-ring (bicyclic) bond motifs is 2. The number of nitrogens with one attached hydrogen (secondary N) is 2. The van der Waals surface area contributed by atoms with Crippen molar-refractivity contribution in [2.24, 2.45) is 5.92 Å². The molecule has 0 aliphatic carbocycles. The number of amides is 1. The Bertz CT molecular complexity index is 662. The van der Waals surface area contributed by atoms with Gasteiger partial charge in [0.2, 0.25) is 5.91 Å². The third-order valence-electron chi connectivity index (χ3n) is 4.89. The molecule has 0 saturated carbocycles. The van der Waals surface area contributed by atoms with Crippen LogP contribution < -0.4 is 10.6 Å². The first-order valence-electron chi connectivity index (χ1n) is 8.32. The van der Waals surface area contributed by atoms with Gasteiger partial charge in [-0.3, -0.25) is 4.79 Å². The van der Waals surface area contributed by atoms with E-state index in [1.54, 1.807) is 11.3 Å². The molecule has 2 atom stereocenters. The molecule has 2 aromatic rings. The molecule has 2 bridgehead atoms. The lowest BCUT2D eigenvalue weighted by Crippen LogP contribution is -2.39. The van der Waals surface area contributed by atoms with E-state index >= 15 is 0 Å². The highest BCUT2D eigenvalue weighted by Gasteiger charge is 2.34. The van der Waals surface area contributed by atoms with E-state index in [2.05, 4.69) is 15.6 Å². The number of carbonyl (C=O) groups excluding carboxylic acids is 1. The summed E-state index contributed by atoms with van der Waals surface area (Å²) < 4.78 is 0. The summed E-state index contributed by atoms with van der Waals surface area (Å²) in [5.41, 5.74) is 1.96. The average molecular weight is 364 g/mol. The number of benzene rings is 1. The number of piperidine rings is 1. The van der Waals surface area contributed by atoms with Gasteiger partial charge >= 0.3 is 0 Å². The maximum atomic E-state index is 12.3. The second-order valence-corrected chi connectivity index (χ2v) is 7.54. The summed E-state index contributed by atoms with van der Waals surface area (Å²) in [6, 6.07) is 9.23. The van der Waals surface area contributed by atoms with Gasteiger partial charge in [-0.2, -0.15) is 0 Å². The maximum absolute atomic E-state index is 12.3. The van der Waals surface area contributed by atoms with E-state index in [0.29, 0.717) is 24.4 Å². The minimum absolute atomic E-state index is 0. The summed E-state index contributed by atoms with van der Waals surface area (Å²) in [6.07, 6.45) is 7.30. The highest BCUT2D eigenvalue weighted by Crippen LogP contribution is 2.33. The van der Waals surface area contributed by atoms with Gasteiger partial charge in [0.25, 0.3) is 0 Å². The van der Waals surface area contributed by atoms with Gasteiger partial charge in [0.1, 0.15) is 5.01 Å². The van der Waals surface area contributed by atoms with Crippen LogP contribution in [-0.4, -0.2) is 23.0 Å². The summed E-state index contributed by atoms with van der Waals surface area (Å²) >= 11 is 1.62. The van der Waals surface area contributed by atoms with Crippen LogP contribution in [0.4, 0.5) is 5.69 Å². The summed E-state index contributed by atoms with van der Waals surface area (Å²) in [6.45, 7) is 0. The van der Waals surface area contributed by atoms with Gasteiger partial charge in [-0.05, 0) is 55.9 Å². The fraction of sp³-hybridized carbons (Fsp3) is 0.444. The molecule has 0 radical (unpaired) electrons. The van der Waals surface area contributed by atoms with E-state index in [4.69, 9.17) is 0 Å². The number of rotatable bonds is 4. The van der Waals surface area contributed by atoms with Crippen molar-refractivity contribution in [1.82, 2.24) is 10.3 Å². The third-order valence-corrected chi connectivity index (χ3v) is 5.71. The molecule has 1 aromatic heterocycles. The van der Waals surface area contributed by atoms with Crippen LogP contribution in [0.15, 0.2) is 35.8 Å². The zero-order chi connectivity index (χ0) is 15.6. The molecule has 0 spiro atoms. The zero-order valence-electron chi connectivity index (χ0n) is 13.4. The number of thiazole rings is 1. The Hall–Kier alpha value is -1.43. The lowest BCUT2D eigenvalue weighted by molar-refractivity contribution is -0.117. The van der Waals surface area contributed by atoms with Crippen LogP contribution in [0.1, 0.15) is 32.1 Å². The first kappa shape index (κ1) is 17.4. The van der Waals surface area contributed by atoms with Gasteiger partial charge in [0.05, 0.1) is 0 Å². The molecule has 4 nitrogen and oxygen atoms in total. The number of hydrogen-bond acceptors (Lipinski definition) is 4. The monoisotopic (exact) mass is 363 g/mol. The Kier molecular flexibility index (Phi) is 5.54. The Morgan fingerprint density at radius 2 is 1.92 bits per heavy atom. The van der Waals surface area contributed by atoms with Crippen molar-refractivity contribution in [3.63, 3.8) is 0 Å². The molecule has 2 aliphatic heterocycles. The number of anilines is 1. The maximum Gasteiger partial charge on any atom is 0.224 e. The number of aromatic nitrogens is 1. The molecule has 24 heavy (non-hydrogen) atoms. The van der Waals surface area contributed by atoms with E-state index in [1.165, 1.54) is 12.8 Å². The van der Waals surface area contributed by atoms with Crippen LogP contribution in [0.5, 0.6) is 0 Å². The van der Waals surface area contributed by atoms with E-state index in [9.17, 15) is 4.79 Å². The molecular weight excluding hydrogens is 342 g/mol. The second-order valence-electron chi connectivity index (χ2n) is 6.64. The predicted octanol–water partition coefficient (Wildman–Crippen LogP) is 4.09. The van der Waals surface area contributed by atoms with Gasteiger partial charge in [0, 0.05) is 41.3 Å². The van der Waals surface area contributed by atoms with Crippen molar-refractivity contribution in [3.05, 3.63) is 35.8 Å². The fourth-order valence-electron chi connectivity index (χ4n) is 3.88. The van der Waals surface area contributed by atoms with Crippen LogP contribution in [0, 0.1) is 5.92 Å². The molecular formula is C18H22ClN3OS. The fourth-order valence-corrected chi connectivity index (χ4v) is 4.52. The van der Waals surface area contributed by atoms with Crippen molar-refractivity contribution in [1.29, 1.82) is 0 Å². The standard InChI is InChI=1S/C18H21N3OS.ClH/c22-17(11-12-9-15-5-6-16(10-12)20-15)21-14-3-1-13(2-4-14)18-19-7-8-23-18;/h1-4,7-8,12,15-16,20H,5-6,9-11H2,(H,21,22);1H. The Morgan fingerprint density at radius 3 is 2.54 bits per heavy atom. The summed E-state index contributed by atoms with van der Waals surface area (Å²) in [7, 11) is 0. The average Bonchev–Trinajstić information content (AvgIpc) is 3.18. The van der Waals surface area contributed by atoms with Crippen LogP contribution in [-0.2, 0) is 4.79 Å². The SMILES string of the molecule is Cl.O=C(CC1CC2CCC(C1)N2)Nc1ccc(-c2nccs2)cc1. The smallest absolute Gasteiger partial charge is 0.224 e. The van der Waals surface area contributed by atoms with Crippen LogP contribution in [0.3, 0.4) is 0 Å². The van der Waals surface area contributed by atoms with E-state index in [1.807, 2.05) is 35.8 Å². The normalized spacial score (nSPS) is 25.1. The van der Waals surface area contributed by atoms with Crippen LogP contribution in [0.25, 0.3) is 10.6 Å². The lowest BCUT2D eigenvalue weighted by Gasteiger charge is -2.28. The molecule has 2 unspecified atom stereocenters. The van der Waals surface area contributed by atoms with Gasteiger partial charge < -0.3 is 10.6 Å². The minimum Gasteiger partial charge on any atom is -0.326 e. The molecule has 2 fully saturated rings. The molecule has 128 valence electrons. The van der Waals surface area contributed by atoms with Crippen molar-refractivity contribution >= 4 is 35.3 Å².